The molecule has 1 heterocycles. The molecule has 0 spiro atoms. The van der Waals surface area contributed by atoms with E-state index in [-0.39, 0.29) is 23.8 Å². The van der Waals surface area contributed by atoms with Gasteiger partial charge in [0.15, 0.2) is 0 Å². The number of nitrogens with zero attached hydrogens (tertiary/aromatic N) is 1. The number of likely N-dealkylation sites (tertiary alicyclic amines) is 1. The monoisotopic (exact) mass is 288 g/mol. The van der Waals surface area contributed by atoms with E-state index in [1.54, 1.807) is 4.90 Å². The molecule has 1 fully saturated rings. The number of hydrogen-bond donors (Lipinski definition) is 1. The SMILES string of the molecule is CCC(C)NC(=O)C1CC(=O)N(Cc2cccc(C)c2)C1. The van der Waals surface area contributed by atoms with E-state index in [9.17, 15) is 9.59 Å². The number of hydrogen-bond acceptors (Lipinski definition) is 2. The van der Waals surface area contributed by atoms with Crippen LogP contribution >= 0.6 is 0 Å². The van der Waals surface area contributed by atoms with E-state index in [1.165, 1.54) is 5.56 Å². The molecule has 1 aliphatic rings. The van der Waals surface area contributed by atoms with Crippen LogP contribution < -0.4 is 5.32 Å². The molecule has 114 valence electrons. The lowest BCUT2D eigenvalue weighted by molar-refractivity contribution is -0.129. The van der Waals surface area contributed by atoms with Gasteiger partial charge in [-0.05, 0) is 25.8 Å². The molecule has 2 atom stereocenters. The number of nitrogens with one attached hydrogen (secondary N) is 1. The maximum atomic E-state index is 12.1. The van der Waals surface area contributed by atoms with Gasteiger partial charge in [-0.15, -0.1) is 0 Å². The quantitative estimate of drug-likeness (QED) is 0.903. The summed E-state index contributed by atoms with van der Waals surface area (Å²) < 4.78 is 0. The molecule has 4 heteroatoms. The smallest absolute Gasteiger partial charge is 0.225 e. The third-order valence-electron chi connectivity index (χ3n) is 4.04. The average Bonchev–Trinajstić information content (AvgIpc) is 2.80. The summed E-state index contributed by atoms with van der Waals surface area (Å²) in [6.07, 6.45) is 1.23. The molecule has 0 bridgehead atoms. The second-order valence-electron chi connectivity index (χ2n) is 5.98. The molecule has 0 aromatic heterocycles. The van der Waals surface area contributed by atoms with Crippen molar-refractivity contribution >= 4 is 11.8 Å². The minimum atomic E-state index is -0.212. The van der Waals surface area contributed by atoms with Gasteiger partial charge in [0.05, 0.1) is 5.92 Å². The first-order valence-corrected chi connectivity index (χ1v) is 7.63. The number of carbonyl (C=O) groups is 2. The molecule has 1 aromatic rings. The molecular formula is C17H24N2O2. The summed E-state index contributed by atoms with van der Waals surface area (Å²) >= 11 is 0. The zero-order valence-corrected chi connectivity index (χ0v) is 13.1. The lowest BCUT2D eigenvalue weighted by Crippen LogP contribution is -2.38. The Morgan fingerprint density at radius 2 is 2.24 bits per heavy atom. The molecule has 2 unspecified atom stereocenters. The molecular weight excluding hydrogens is 264 g/mol. The lowest BCUT2D eigenvalue weighted by Gasteiger charge is -2.18. The largest absolute Gasteiger partial charge is 0.353 e. The number of rotatable bonds is 5. The molecule has 1 saturated heterocycles. The van der Waals surface area contributed by atoms with Crippen LogP contribution in [-0.2, 0) is 16.1 Å². The summed E-state index contributed by atoms with van der Waals surface area (Å²) in [7, 11) is 0. The molecule has 2 rings (SSSR count). The van der Waals surface area contributed by atoms with E-state index in [4.69, 9.17) is 0 Å². The molecule has 2 amide bonds. The van der Waals surface area contributed by atoms with Crippen molar-refractivity contribution in [1.29, 1.82) is 0 Å². The predicted molar refractivity (Wildman–Crippen MR) is 82.6 cm³/mol. The van der Waals surface area contributed by atoms with Crippen LogP contribution in [0.15, 0.2) is 24.3 Å². The molecule has 0 aliphatic carbocycles. The fourth-order valence-corrected chi connectivity index (χ4v) is 2.59. The van der Waals surface area contributed by atoms with Crippen molar-refractivity contribution in [1.82, 2.24) is 10.2 Å². The maximum Gasteiger partial charge on any atom is 0.225 e. The van der Waals surface area contributed by atoms with E-state index >= 15 is 0 Å². The summed E-state index contributed by atoms with van der Waals surface area (Å²) in [5.74, 6) is -0.137. The van der Waals surface area contributed by atoms with Gasteiger partial charge in [0, 0.05) is 25.6 Å². The molecule has 0 saturated carbocycles. The first kappa shape index (κ1) is 15.5. The van der Waals surface area contributed by atoms with Crippen LogP contribution in [0.1, 0.15) is 37.8 Å². The van der Waals surface area contributed by atoms with Gasteiger partial charge in [-0.2, -0.15) is 0 Å². The van der Waals surface area contributed by atoms with Gasteiger partial charge >= 0.3 is 0 Å². The molecule has 0 radical (unpaired) electrons. The third kappa shape index (κ3) is 4.06. The van der Waals surface area contributed by atoms with Crippen LogP contribution in [0.5, 0.6) is 0 Å². The van der Waals surface area contributed by atoms with Crippen LogP contribution in [0.25, 0.3) is 0 Å². The van der Waals surface area contributed by atoms with E-state index in [2.05, 4.69) is 11.4 Å². The Hall–Kier alpha value is -1.84. The average molecular weight is 288 g/mol. The Morgan fingerprint density at radius 1 is 1.48 bits per heavy atom. The third-order valence-corrected chi connectivity index (χ3v) is 4.04. The van der Waals surface area contributed by atoms with E-state index < -0.39 is 0 Å². The standard InChI is InChI=1S/C17H24N2O2/c1-4-13(3)18-17(21)15-9-16(20)19(11-15)10-14-7-5-6-12(2)8-14/h5-8,13,15H,4,9-11H2,1-3H3,(H,18,21). The number of amides is 2. The van der Waals surface area contributed by atoms with Crippen molar-refractivity contribution in [2.75, 3.05) is 6.54 Å². The molecule has 21 heavy (non-hydrogen) atoms. The van der Waals surface area contributed by atoms with Gasteiger partial charge < -0.3 is 10.2 Å². The van der Waals surface area contributed by atoms with E-state index in [0.29, 0.717) is 19.5 Å². The van der Waals surface area contributed by atoms with Crippen LogP contribution in [0.4, 0.5) is 0 Å². The Kier molecular flexibility index (Phi) is 4.99. The van der Waals surface area contributed by atoms with Gasteiger partial charge in [-0.1, -0.05) is 36.8 Å². The van der Waals surface area contributed by atoms with Gasteiger partial charge in [0.2, 0.25) is 11.8 Å². The second-order valence-corrected chi connectivity index (χ2v) is 5.98. The van der Waals surface area contributed by atoms with Crippen LogP contribution in [0.2, 0.25) is 0 Å². The van der Waals surface area contributed by atoms with E-state index in [0.717, 1.165) is 12.0 Å². The topological polar surface area (TPSA) is 49.4 Å². The Balaban J connectivity index is 1.95. The van der Waals surface area contributed by atoms with Crippen LogP contribution in [-0.4, -0.2) is 29.3 Å². The van der Waals surface area contributed by atoms with Crippen molar-refractivity contribution in [3.8, 4) is 0 Å². The zero-order valence-electron chi connectivity index (χ0n) is 13.1. The highest BCUT2D eigenvalue weighted by Crippen LogP contribution is 2.21. The van der Waals surface area contributed by atoms with Gasteiger partial charge in [0.1, 0.15) is 0 Å². The van der Waals surface area contributed by atoms with E-state index in [1.807, 2.05) is 39.0 Å². The second kappa shape index (κ2) is 6.74. The van der Waals surface area contributed by atoms with Crippen molar-refractivity contribution < 1.29 is 9.59 Å². The van der Waals surface area contributed by atoms with Crippen LogP contribution in [0.3, 0.4) is 0 Å². The first-order chi connectivity index (χ1) is 9.99. The molecule has 1 N–H and O–H groups in total. The summed E-state index contributed by atoms with van der Waals surface area (Å²) in [6, 6.07) is 8.31. The first-order valence-electron chi connectivity index (χ1n) is 7.63. The summed E-state index contributed by atoms with van der Waals surface area (Å²) in [5.41, 5.74) is 2.30. The van der Waals surface area contributed by atoms with Gasteiger partial charge in [-0.25, -0.2) is 0 Å². The number of benzene rings is 1. The maximum absolute atomic E-state index is 12.1. The Morgan fingerprint density at radius 3 is 2.90 bits per heavy atom. The van der Waals surface area contributed by atoms with Crippen molar-refractivity contribution in [3.05, 3.63) is 35.4 Å². The predicted octanol–water partition coefficient (Wildman–Crippen LogP) is 2.26. The van der Waals surface area contributed by atoms with Gasteiger partial charge in [-0.3, -0.25) is 9.59 Å². The number of carbonyl (C=O) groups excluding carboxylic acids is 2. The molecule has 1 aromatic carbocycles. The van der Waals surface area contributed by atoms with Crippen molar-refractivity contribution in [2.45, 2.75) is 46.2 Å². The fraction of sp³-hybridized carbons (Fsp3) is 0.529. The summed E-state index contributed by atoms with van der Waals surface area (Å²) in [6.45, 7) is 7.17. The summed E-state index contributed by atoms with van der Waals surface area (Å²) in [4.78, 5) is 26.0. The fourth-order valence-electron chi connectivity index (χ4n) is 2.59. The highest BCUT2D eigenvalue weighted by molar-refractivity contribution is 5.89. The van der Waals surface area contributed by atoms with Gasteiger partial charge in [0.25, 0.3) is 0 Å². The van der Waals surface area contributed by atoms with Crippen molar-refractivity contribution in [3.63, 3.8) is 0 Å². The van der Waals surface area contributed by atoms with Crippen molar-refractivity contribution in [2.24, 2.45) is 5.92 Å². The normalized spacial score (nSPS) is 19.7. The number of aryl methyl sites for hydroxylation is 1. The Bertz CT molecular complexity index is 527. The summed E-state index contributed by atoms with van der Waals surface area (Å²) in [5, 5.41) is 2.97. The molecule has 4 nitrogen and oxygen atoms in total. The lowest BCUT2D eigenvalue weighted by atomic mass is 10.1. The highest BCUT2D eigenvalue weighted by atomic mass is 16.2. The highest BCUT2D eigenvalue weighted by Gasteiger charge is 2.34. The molecule has 1 aliphatic heterocycles. The zero-order chi connectivity index (χ0) is 15.4. The minimum Gasteiger partial charge on any atom is -0.353 e. The Labute approximate surface area is 126 Å². The minimum absolute atomic E-state index is 0.00411. The van der Waals surface area contributed by atoms with Crippen LogP contribution in [0, 0.1) is 12.8 Å².